The van der Waals surface area contributed by atoms with E-state index in [1.165, 1.54) is 18.2 Å². The van der Waals surface area contributed by atoms with Crippen LogP contribution >= 0.6 is 11.6 Å². The van der Waals surface area contributed by atoms with Gasteiger partial charge in [0.25, 0.3) is 5.91 Å². The number of carbonyl (C=O) groups is 1. The van der Waals surface area contributed by atoms with E-state index in [2.05, 4.69) is 44.2 Å². The van der Waals surface area contributed by atoms with E-state index in [4.69, 9.17) is 16.9 Å². The van der Waals surface area contributed by atoms with Gasteiger partial charge in [0.2, 0.25) is 5.82 Å². The van der Waals surface area contributed by atoms with Crippen LogP contribution in [0.2, 0.25) is 5.02 Å². The third-order valence-corrected chi connectivity index (χ3v) is 6.30. The quantitative estimate of drug-likeness (QED) is 0.459. The number of nitriles is 1. The van der Waals surface area contributed by atoms with Gasteiger partial charge in [0, 0.05) is 44.8 Å². The van der Waals surface area contributed by atoms with Crippen LogP contribution in [-0.4, -0.2) is 90.5 Å². The van der Waals surface area contributed by atoms with Crippen molar-refractivity contribution in [1.82, 2.24) is 30.1 Å². The molecular formula is C26H37ClN8O. The Kier molecular flexibility index (Phi) is 10.4. The van der Waals surface area contributed by atoms with Crippen molar-refractivity contribution < 1.29 is 4.79 Å². The number of benzene rings is 1. The van der Waals surface area contributed by atoms with Crippen molar-refractivity contribution in [3.8, 4) is 6.07 Å². The Labute approximate surface area is 219 Å². The van der Waals surface area contributed by atoms with Gasteiger partial charge in [0.15, 0.2) is 5.82 Å². The lowest BCUT2D eigenvalue weighted by Gasteiger charge is -2.35. The van der Waals surface area contributed by atoms with Crippen LogP contribution in [0.1, 0.15) is 42.0 Å². The first kappa shape index (κ1) is 27.8. The minimum atomic E-state index is -0.262. The summed E-state index contributed by atoms with van der Waals surface area (Å²) >= 11 is 6.28. The Morgan fingerprint density at radius 2 is 1.83 bits per heavy atom. The molecule has 10 heteroatoms. The molecule has 0 saturated carbocycles. The van der Waals surface area contributed by atoms with E-state index in [1.807, 2.05) is 44.2 Å². The largest absolute Gasteiger partial charge is 0.309 e. The second-order valence-corrected chi connectivity index (χ2v) is 10.3. The highest BCUT2D eigenvalue weighted by Crippen LogP contribution is 2.22. The van der Waals surface area contributed by atoms with E-state index >= 15 is 0 Å². The Morgan fingerprint density at radius 3 is 2.44 bits per heavy atom. The van der Waals surface area contributed by atoms with Crippen molar-refractivity contribution >= 4 is 23.3 Å². The second-order valence-electron chi connectivity index (χ2n) is 9.89. The molecule has 1 aliphatic rings. The molecule has 1 aliphatic heterocycles. The third kappa shape index (κ3) is 8.42. The molecule has 0 unspecified atom stereocenters. The highest BCUT2D eigenvalue weighted by Gasteiger charge is 2.20. The van der Waals surface area contributed by atoms with Crippen molar-refractivity contribution in [2.45, 2.75) is 26.8 Å². The molecule has 36 heavy (non-hydrogen) atoms. The first-order valence-corrected chi connectivity index (χ1v) is 12.8. The molecule has 2 aromatic rings. The molecule has 0 aliphatic carbocycles. The van der Waals surface area contributed by atoms with Gasteiger partial charge in [-0.3, -0.25) is 20.1 Å². The summed E-state index contributed by atoms with van der Waals surface area (Å²) in [5.41, 5.74) is 4.62. The van der Waals surface area contributed by atoms with Crippen LogP contribution in [0.4, 0.5) is 5.82 Å². The second kappa shape index (κ2) is 13.5. The molecule has 0 spiro atoms. The van der Waals surface area contributed by atoms with Gasteiger partial charge in [0.1, 0.15) is 11.1 Å². The first-order chi connectivity index (χ1) is 17.2. The van der Waals surface area contributed by atoms with Crippen molar-refractivity contribution in [3.05, 3.63) is 52.4 Å². The predicted octanol–water partition coefficient (Wildman–Crippen LogP) is 2.88. The van der Waals surface area contributed by atoms with Gasteiger partial charge in [0.05, 0.1) is 6.20 Å². The molecule has 1 saturated heterocycles. The topological polar surface area (TPSA) is 91.6 Å². The Bertz CT molecular complexity index is 1030. The van der Waals surface area contributed by atoms with Crippen LogP contribution in [0, 0.1) is 17.2 Å². The minimum Gasteiger partial charge on any atom is -0.309 e. The van der Waals surface area contributed by atoms with Crippen LogP contribution in [0.25, 0.3) is 0 Å². The Balaban J connectivity index is 1.56. The van der Waals surface area contributed by atoms with E-state index in [0.29, 0.717) is 17.9 Å². The number of carbonyl (C=O) groups excluding carboxylic acids is 1. The maximum absolute atomic E-state index is 13.0. The van der Waals surface area contributed by atoms with Crippen LogP contribution in [0.15, 0.2) is 30.5 Å². The fraction of sp³-hybridized carbons (Fsp3) is 0.538. The highest BCUT2D eigenvalue weighted by molar-refractivity contribution is 6.32. The number of piperazine rings is 1. The van der Waals surface area contributed by atoms with Crippen LogP contribution in [0.5, 0.6) is 0 Å². The lowest BCUT2D eigenvalue weighted by Crippen LogP contribution is -2.46. The molecular weight excluding hydrogens is 476 g/mol. The van der Waals surface area contributed by atoms with Gasteiger partial charge in [-0.05, 0) is 57.2 Å². The highest BCUT2D eigenvalue weighted by atomic mass is 35.5. The van der Waals surface area contributed by atoms with Gasteiger partial charge in [-0.1, -0.05) is 37.6 Å². The SMILES string of the molecule is CC(C)CN(NC(=O)c1ccc(CN2CCN(CCCN(C)C)CC2)cc1)c1nc(C#N)ncc1Cl. The van der Waals surface area contributed by atoms with Crippen molar-refractivity contribution in [2.24, 2.45) is 5.92 Å². The van der Waals surface area contributed by atoms with Crippen molar-refractivity contribution in [2.75, 3.05) is 64.9 Å². The lowest BCUT2D eigenvalue weighted by atomic mass is 10.1. The number of amides is 1. The van der Waals surface area contributed by atoms with Crippen molar-refractivity contribution in [1.29, 1.82) is 5.26 Å². The van der Waals surface area contributed by atoms with E-state index < -0.39 is 0 Å². The van der Waals surface area contributed by atoms with E-state index in [-0.39, 0.29) is 22.7 Å². The van der Waals surface area contributed by atoms with Gasteiger partial charge in [-0.25, -0.2) is 4.98 Å². The summed E-state index contributed by atoms with van der Waals surface area (Å²) in [6.07, 6.45) is 2.58. The smallest absolute Gasteiger partial charge is 0.269 e. The number of hydrazine groups is 1. The lowest BCUT2D eigenvalue weighted by molar-refractivity contribution is 0.0947. The summed E-state index contributed by atoms with van der Waals surface area (Å²) in [7, 11) is 4.24. The fourth-order valence-electron chi connectivity index (χ4n) is 4.14. The monoisotopic (exact) mass is 512 g/mol. The maximum atomic E-state index is 13.0. The third-order valence-electron chi connectivity index (χ3n) is 6.03. The molecule has 1 amide bonds. The van der Waals surface area contributed by atoms with Crippen LogP contribution < -0.4 is 10.4 Å². The van der Waals surface area contributed by atoms with Crippen LogP contribution in [0.3, 0.4) is 0 Å². The molecule has 2 heterocycles. The molecule has 3 rings (SSSR count). The Morgan fingerprint density at radius 1 is 1.17 bits per heavy atom. The molecule has 1 N–H and O–H groups in total. The number of nitrogens with zero attached hydrogens (tertiary/aromatic N) is 7. The van der Waals surface area contributed by atoms with Crippen LogP contribution in [-0.2, 0) is 6.54 Å². The van der Waals surface area contributed by atoms with Gasteiger partial charge in [-0.15, -0.1) is 0 Å². The summed E-state index contributed by atoms with van der Waals surface area (Å²) in [6.45, 7) is 12.0. The van der Waals surface area contributed by atoms with Gasteiger partial charge in [-0.2, -0.15) is 10.2 Å². The summed E-state index contributed by atoms with van der Waals surface area (Å²) in [4.78, 5) is 28.3. The molecule has 0 radical (unpaired) electrons. The number of halogens is 1. The average molecular weight is 513 g/mol. The summed E-state index contributed by atoms with van der Waals surface area (Å²) in [5, 5.41) is 11.0. The number of hydrogen-bond donors (Lipinski definition) is 1. The van der Waals surface area contributed by atoms with E-state index in [1.54, 1.807) is 5.01 Å². The fourth-order valence-corrected chi connectivity index (χ4v) is 4.33. The average Bonchev–Trinajstić information content (AvgIpc) is 2.85. The number of nitrogens with one attached hydrogen (secondary N) is 1. The molecule has 194 valence electrons. The predicted molar refractivity (Wildman–Crippen MR) is 143 cm³/mol. The summed E-state index contributed by atoms with van der Waals surface area (Å²) in [5.74, 6) is 0.262. The molecule has 1 fully saturated rings. The minimum absolute atomic E-state index is 0.00356. The molecule has 1 aromatic carbocycles. The van der Waals surface area contributed by atoms with Crippen molar-refractivity contribution in [3.63, 3.8) is 0 Å². The molecule has 1 aromatic heterocycles. The van der Waals surface area contributed by atoms with E-state index in [9.17, 15) is 4.79 Å². The number of anilines is 1. The molecule has 0 atom stereocenters. The zero-order chi connectivity index (χ0) is 26.1. The summed E-state index contributed by atoms with van der Waals surface area (Å²) in [6, 6.07) is 9.63. The zero-order valence-corrected chi connectivity index (χ0v) is 22.5. The standard InChI is InChI=1S/C26H37ClN8O/c1-20(2)18-35(25-23(27)17-29-24(16-28)30-25)31-26(36)22-8-6-21(7-9-22)19-34-14-12-33(13-15-34)11-5-10-32(3)4/h6-9,17,20H,5,10-15,18-19H2,1-4H3,(H,31,36). The molecule has 0 bridgehead atoms. The molecule has 9 nitrogen and oxygen atoms in total. The number of hydrogen-bond acceptors (Lipinski definition) is 8. The van der Waals surface area contributed by atoms with Gasteiger partial charge >= 0.3 is 0 Å². The number of aromatic nitrogens is 2. The Hall–Kier alpha value is -2.77. The number of rotatable bonds is 11. The maximum Gasteiger partial charge on any atom is 0.269 e. The zero-order valence-electron chi connectivity index (χ0n) is 21.7. The summed E-state index contributed by atoms with van der Waals surface area (Å²) < 4.78 is 0. The first-order valence-electron chi connectivity index (χ1n) is 12.4. The van der Waals surface area contributed by atoms with E-state index in [0.717, 1.165) is 45.8 Å². The normalized spacial score (nSPS) is 14.7. The van der Waals surface area contributed by atoms with Gasteiger partial charge < -0.3 is 9.80 Å².